The van der Waals surface area contributed by atoms with E-state index < -0.39 is 18.3 Å². The van der Waals surface area contributed by atoms with Gasteiger partial charge < -0.3 is 34.6 Å². The molecule has 0 bridgehead atoms. The molecule has 0 fully saturated rings. The molecule has 21 heavy (non-hydrogen) atoms. The molecule has 0 spiro atoms. The van der Waals surface area contributed by atoms with Gasteiger partial charge in [-0.1, -0.05) is 5.57 Å². The van der Waals surface area contributed by atoms with Crippen molar-refractivity contribution in [3.8, 4) is 0 Å². The van der Waals surface area contributed by atoms with Crippen LogP contribution >= 0.6 is 0 Å². The fourth-order valence-corrected chi connectivity index (χ4v) is 1.29. The highest BCUT2D eigenvalue weighted by Gasteiger charge is 2.09. The lowest BCUT2D eigenvalue weighted by molar-refractivity contribution is -0.0673. The molecule has 0 aromatic carbocycles. The Kier molecular flexibility index (Phi) is 12.8. The molecule has 0 aliphatic carbocycles. The second-order valence-electron chi connectivity index (χ2n) is 5.00. The quantitative estimate of drug-likeness (QED) is 0.243. The molecule has 0 saturated heterocycles. The van der Waals surface area contributed by atoms with Gasteiger partial charge in [-0.25, -0.2) is 0 Å². The van der Waals surface area contributed by atoms with Gasteiger partial charge in [-0.3, -0.25) is 0 Å². The molecule has 3 unspecified atom stereocenters. The summed E-state index contributed by atoms with van der Waals surface area (Å²) in [6.07, 6.45) is -1.80. The smallest absolute Gasteiger partial charge is 0.101 e. The molecule has 0 rings (SSSR count). The molecular formula is C14H28O7. The largest absolute Gasteiger partial charge is 0.394 e. The number of hydrogen-bond acceptors (Lipinski definition) is 7. The number of ether oxygens (including phenoxy) is 3. The van der Waals surface area contributed by atoms with Crippen molar-refractivity contribution in [2.75, 3.05) is 46.2 Å². The molecule has 7 heteroatoms. The molecule has 0 saturated carbocycles. The van der Waals surface area contributed by atoms with E-state index in [0.29, 0.717) is 6.61 Å². The fourth-order valence-electron chi connectivity index (χ4n) is 1.29. The average Bonchev–Trinajstić information content (AvgIpc) is 2.43. The Morgan fingerprint density at radius 1 is 0.857 bits per heavy atom. The maximum absolute atomic E-state index is 9.56. The summed E-state index contributed by atoms with van der Waals surface area (Å²) < 4.78 is 15.3. The maximum atomic E-state index is 9.56. The minimum Gasteiger partial charge on any atom is -0.394 e. The highest BCUT2D eigenvalue weighted by molar-refractivity contribution is 4.87. The second-order valence-corrected chi connectivity index (χ2v) is 5.00. The Hall–Kier alpha value is -0.540. The van der Waals surface area contributed by atoms with Crippen molar-refractivity contribution in [1.29, 1.82) is 0 Å². The van der Waals surface area contributed by atoms with Gasteiger partial charge >= 0.3 is 0 Å². The number of aliphatic hydroxyl groups is 4. The van der Waals surface area contributed by atoms with Gasteiger partial charge in [0.05, 0.1) is 46.2 Å². The molecule has 0 aromatic heterocycles. The second kappa shape index (κ2) is 13.1. The first-order valence-electron chi connectivity index (χ1n) is 6.98. The zero-order chi connectivity index (χ0) is 16.1. The predicted molar refractivity (Wildman–Crippen MR) is 77.0 cm³/mol. The van der Waals surface area contributed by atoms with Crippen molar-refractivity contribution in [1.82, 2.24) is 0 Å². The molecular weight excluding hydrogens is 280 g/mol. The van der Waals surface area contributed by atoms with E-state index in [1.165, 1.54) is 0 Å². The molecule has 0 heterocycles. The van der Waals surface area contributed by atoms with Crippen LogP contribution in [0.15, 0.2) is 12.2 Å². The summed E-state index contributed by atoms with van der Waals surface area (Å²) in [5, 5.41) is 36.6. The lowest BCUT2D eigenvalue weighted by Gasteiger charge is -2.15. The van der Waals surface area contributed by atoms with Crippen molar-refractivity contribution in [2.45, 2.75) is 31.7 Å². The van der Waals surface area contributed by atoms with Crippen LogP contribution in [0.2, 0.25) is 0 Å². The highest BCUT2D eigenvalue weighted by Crippen LogP contribution is 1.97. The summed E-state index contributed by atoms with van der Waals surface area (Å²) in [5.41, 5.74) is 1.02. The summed E-state index contributed by atoms with van der Waals surface area (Å²) >= 11 is 0. The van der Waals surface area contributed by atoms with Crippen LogP contribution in [0.25, 0.3) is 0 Å². The topological polar surface area (TPSA) is 109 Å². The fraction of sp³-hybridized carbons (Fsp3) is 0.857. The SMILES string of the molecule is C=C(C)CCOCC(O)COCC(O)COCC(O)CO. The zero-order valence-corrected chi connectivity index (χ0v) is 12.6. The summed E-state index contributed by atoms with van der Waals surface area (Å²) in [7, 11) is 0. The zero-order valence-electron chi connectivity index (χ0n) is 12.6. The summed E-state index contributed by atoms with van der Waals surface area (Å²) in [5.74, 6) is 0. The third-order valence-electron chi connectivity index (χ3n) is 2.44. The highest BCUT2D eigenvalue weighted by atomic mass is 16.5. The van der Waals surface area contributed by atoms with E-state index in [4.69, 9.17) is 24.4 Å². The normalized spacial score (nSPS) is 15.7. The van der Waals surface area contributed by atoms with Crippen molar-refractivity contribution in [3.63, 3.8) is 0 Å². The molecule has 0 amide bonds. The van der Waals surface area contributed by atoms with Gasteiger partial charge in [-0.15, -0.1) is 6.58 Å². The Labute approximate surface area is 125 Å². The molecule has 0 aromatic rings. The Morgan fingerprint density at radius 2 is 1.29 bits per heavy atom. The van der Waals surface area contributed by atoms with Crippen molar-refractivity contribution >= 4 is 0 Å². The van der Waals surface area contributed by atoms with Crippen LogP contribution in [0.4, 0.5) is 0 Å². The Morgan fingerprint density at radius 3 is 1.71 bits per heavy atom. The Balaban J connectivity index is 3.44. The van der Waals surface area contributed by atoms with E-state index >= 15 is 0 Å². The monoisotopic (exact) mass is 308 g/mol. The van der Waals surface area contributed by atoms with Crippen LogP contribution in [0.5, 0.6) is 0 Å². The van der Waals surface area contributed by atoms with Gasteiger partial charge in [-0.2, -0.15) is 0 Å². The third-order valence-corrected chi connectivity index (χ3v) is 2.44. The minimum absolute atomic E-state index is 0.0116. The molecule has 126 valence electrons. The van der Waals surface area contributed by atoms with Gasteiger partial charge in [0, 0.05) is 0 Å². The van der Waals surface area contributed by atoms with Crippen molar-refractivity contribution in [2.24, 2.45) is 0 Å². The van der Waals surface area contributed by atoms with Gasteiger partial charge in [0.2, 0.25) is 0 Å². The minimum atomic E-state index is -0.948. The third kappa shape index (κ3) is 14.2. The van der Waals surface area contributed by atoms with E-state index in [-0.39, 0.29) is 39.6 Å². The van der Waals surface area contributed by atoms with Gasteiger partial charge in [-0.05, 0) is 13.3 Å². The standard InChI is InChI=1S/C14H28O7/c1-11(2)3-4-19-7-13(17)8-21-10-14(18)9-20-6-12(16)5-15/h12-18H,1,3-10H2,2H3. The van der Waals surface area contributed by atoms with Crippen molar-refractivity contribution in [3.05, 3.63) is 12.2 Å². The van der Waals surface area contributed by atoms with Crippen LogP contribution < -0.4 is 0 Å². The van der Waals surface area contributed by atoms with E-state index in [0.717, 1.165) is 12.0 Å². The van der Waals surface area contributed by atoms with Crippen LogP contribution in [-0.4, -0.2) is 85.0 Å². The maximum Gasteiger partial charge on any atom is 0.101 e. The first kappa shape index (κ1) is 20.5. The molecule has 0 aliphatic heterocycles. The summed E-state index contributed by atoms with van der Waals surface area (Å²) in [4.78, 5) is 0. The molecule has 0 aliphatic rings. The van der Waals surface area contributed by atoms with E-state index in [1.54, 1.807) is 0 Å². The van der Waals surface area contributed by atoms with Gasteiger partial charge in [0.1, 0.15) is 18.3 Å². The lowest BCUT2D eigenvalue weighted by atomic mass is 10.3. The van der Waals surface area contributed by atoms with Crippen LogP contribution in [0, 0.1) is 0 Å². The summed E-state index contributed by atoms with van der Waals surface area (Å²) in [6.45, 7) is 5.96. The molecule has 0 radical (unpaired) electrons. The number of aliphatic hydroxyl groups excluding tert-OH is 4. The average molecular weight is 308 g/mol. The van der Waals surface area contributed by atoms with Gasteiger partial charge in [0.25, 0.3) is 0 Å². The van der Waals surface area contributed by atoms with Gasteiger partial charge in [0.15, 0.2) is 0 Å². The van der Waals surface area contributed by atoms with Crippen LogP contribution in [-0.2, 0) is 14.2 Å². The van der Waals surface area contributed by atoms with Crippen molar-refractivity contribution < 1.29 is 34.6 Å². The van der Waals surface area contributed by atoms with E-state index in [1.807, 2.05) is 6.92 Å². The lowest BCUT2D eigenvalue weighted by Crippen LogP contribution is -2.29. The number of rotatable bonds is 14. The van der Waals surface area contributed by atoms with Crippen LogP contribution in [0.3, 0.4) is 0 Å². The number of hydrogen-bond donors (Lipinski definition) is 4. The first-order valence-corrected chi connectivity index (χ1v) is 6.98. The molecule has 7 nitrogen and oxygen atoms in total. The molecule has 4 N–H and O–H groups in total. The first-order chi connectivity index (χ1) is 9.95. The Bertz CT molecular complexity index is 260. The van der Waals surface area contributed by atoms with Crippen LogP contribution in [0.1, 0.15) is 13.3 Å². The summed E-state index contributed by atoms with van der Waals surface area (Å²) in [6, 6.07) is 0. The van der Waals surface area contributed by atoms with E-state index in [2.05, 4.69) is 6.58 Å². The molecule has 3 atom stereocenters. The predicted octanol–water partition coefficient (Wildman–Crippen LogP) is -0.923. The van der Waals surface area contributed by atoms with E-state index in [9.17, 15) is 10.2 Å².